The van der Waals surface area contributed by atoms with E-state index in [2.05, 4.69) is 97.1 Å². The van der Waals surface area contributed by atoms with Crippen molar-refractivity contribution in [2.75, 3.05) is 0 Å². The van der Waals surface area contributed by atoms with Crippen molar-refractivity contribution in [3.8, 4) is 0 Å². The van der Waals surface area contributed by atoms with Gasteiger partial charge in [0.25, 0.3) is 0 Å². The van der Waals surface area contributed by atoms with Gasteiger partial charge in [-0.05, 0) is 48.5 Å². The Balaban J connectivity index is 0.000000122. The predicted octanol–water partition coefficient (Wildman–Crippen LogP) is 11.8. The molecule has 0 saturated heterocycles. The Hall–Kier alpha value is -0.840. The zero-order valence-electron chi connectivity index (χ0n) is 18.5. The molecular formula is C28H16S8. The summed E-state index contributed by atoms with van der Waals surface area (Å²) >= 11 is 15.2. The number of benzene rings is 4. The molecule has 4 aliphatic heterocycles. The molecule has 0 unspecified atom stereocenters. The zero-order chi connectivity index (χ0) is 23.9. The topological polar surface area (TPSA) is 0 Å². The highest BCUT2D eigenvalue weighted by molar-refractivity contribution is 8.31. The van der Waals surface area contributed by atoms with E-state index in [1.165, 1.54) is 56.1 Å². The normalized spacial score (nSPS) is 16.9. The molecule has 176 valence electrons. The van der Waals surface area contributed by atoms with Crippen molar-refractivity contribution < 1.29 is 0 Å². The van der Waals surface area contributed by atoms with Gasteiger partial charge in [-0.3, -0.25) is 0 Å². The minimum absolute atomic E-state index is 1.39. The van der Waals surface area contributed by atoms with Crippen LogP contribution in [0.3, 0.4) is 0 Å². The van der Waals surface area contributed by atoms with Crippen LogP contribution >= 0.6 is 94.1 Å². The van der Waals surface area contributed by atoms with Crippen molar-refractivity contribution in [2.45, 2.75) is 39.2 Å². The molecule has 36 heavy (non-hydrogen) atoms. The lowest BCUT2D eigenvalue weighted by Gasteiger charge is -1.98. The highest BCUT2D eigenvalue weighted by atomic mass is 32.2. The third kappa shape index (κ3) is 4.96. The van der Waals surface area contributed by atoms with Gasteiger partial charge in [0, 0.05) is 39.2 Å². The van der Waals surface area contributed by atoms with E-state index in [-0.39, 0.29) is 0 Å². The fourth-order valence-corrected chi connectivity index (χ4v) is 14.3. The Bertz CT molecular complexity index is 1210. The summed E-state index contributed by atoms with van der Waals surface area (Å²) in [5.74, 6) is 0. The van der Waals surface area contributed by atoms with E-state index in [1.54, 1.807) is 0 Å². The van der Waals surface area contributed by atoms with Gasteiger partial charge in [0.15, 0.2) is 0 Å². The molecule has 0 bridgehead atoms. The molecular weight excluding hydrogens is 593 g/mol. The van der Waals surface area contributed by atoms with E-state index in [9.17, 15) is 0 Å². The van der Waals surface area contributed by atoms with E-state index in [0.29, 0.717) is 0 Å². The zero-order valence-corrected chi connectivity index (χ0v) is 25.0. The van der Waals surface area contributed by atoms with Crippen molar-refractivity contribution in [3.05, 3.63) is 114 Å². The van der Waals surface area contributed by atoms with E-state index in [1.807, 2.05) is 94.1 Å². The molecule has 4 heterocycles. The van der Waals surface area contributed by atoms with Crippen molar-refractivity contribution in [1.29, 1.82) is 0 Å². The van der Waals surface area contributed by atoms with Gasteiger partial charge in [-0.15, -0.1) is 0 Å². The van der Waals surface area contributed by atoms with Crippen LogP contribution in [0.5, 0.6) is 0 Å². The first-order valence-corrected chi connectivity index (χ1v) is 17.6. The van der Waals surface area contributed by atoms with Crippen molar-refractivity contribution in [3.63, 3.8) is 0 Å². The Morgan fingerprint density at radius 3 is 0.500 bits per heavy atom. The van der Waals surface area contributed by atoms with Crippen LogP contribution in [0.2, 0.25) is 0 Å². The standard InChI is InChI=1S/2C14H8S4/c2*1-2-6-10-9(5-1)15-13(16-10)14-17-11-7-3-4-8-12(11)18-14/h2*1-8H. The van der Waals surface area contributed by atoms with Gasteiger partial charge in [-0.2, -0.15) is 0 Å². The molecule has 0 fully saturated rings. The molecule has 0 spiro atoms. The smallest absolute Gasteiger partial charge is 0.0706 e. The van der Waals surface area contributed by atoms with E-state index < -0.39 is 0 Å². The van der Waals surface area contributed by atoms with Gasteiger partial charge in [0.05, 0.1) is 16.9 Å². The van der Waals surface area contributed by atoms with Gasteiger partial charge < -0.3 is 0 Å². The number of hydrogen-bond acceptors (Lipinski definition) is 8. The first kappa shape index (κ1) is 24.2. The number of rotatable bonds is 0. The lowest BCUT2D eigenvalue weighted by Crippen LogP contribution is -1.65. The Morgan fingerprint density at radius 1 is 0.222 bits per heavy atom. The summed E-state index contributed by atoms with van der Waals surface area (Å²) in [6.45, 7) is 0. The summed E-state index contributed by atoms with van der Waals surface area (Å²) in [6, 6.07) is 34.6. The monoisotopic (exact) mass is 608 g/mol. The van der Waals surface area contributed by atoms with Gasteiger partial charge >= 0.3 is 0 Å². The summed E-state index contributed by atoms with van der Waals surface area (Å²) in [4.78, 5) is 11.1. The summed E-state index contributed by atoms with van der Waals surface area (Å²) in [5, 5.41) is 0. The largest absolute Gasteiger partial charge is 0.0798 e. The van der Waals surface area contributed by atoms with Gasteiger partial charge in [-0.25, -0.2) is 0 Å². The third-order valence-corrected chi connectivity index (χ3v) is 16.6. The molecule has 4 aliphatic rings. The van der Waals surface area contributed by atoms with Crippen molar-refractivity contribution in [2.24, 2.45) is 0 Å². The van der Waals surface area contributed by atoms with Crippen LogP contribution in [0, 0.1) is 0 Å². The second kappa shape index (κ2) is 10.7. The van der Waals surface area contributed by atoms with Crippen LogP contribution in [-0.2, 0) is 0 Å². The first-order valence-electron chi connectivity index (χ1n) is 11.1. The molecule has 4 aromatic rings. The highest BCUT2D eigenvalue weighted by Crippen LogP contribution is 2.62. The van der Waals surface area contributed by atoms with E-state index in [0.717, 1.165) is 0 Å². The SMILES string of the molecule is c1ccc2c(c1)SC(=C1Sc3ccccc3S1)S2.c1ccc2c(c1)SC(=C1Sc3ccccc3S1)S2. The van der Waals surface area contributed by atoms with Gasteiger partial charge in [-0.1, -0.05) is 143 Å². The fraction of sp³-hybridized carbons (Fsp3) is 0. The van der Waals surface area contributed by atoms with Crippen LogP contribution in [0.25, 0.3) is 0 Å². The molecule has 0 atom stereocenters. The quantitative estimate of drug-likeness (QED) is 0.191. The Labute approximate surface area is 245 Å². The molecule has 0 saturated carbocycles. The minimum Gasteiger partial charge on any atom is -0.0798 e. The summed E-state index contributed by atoms with van der Waals surface area (Å²) in [5.41, 5.74) is 0. The molecule has 0 nitrogen and oxygen atoms in total. The molecule has 8 heteroatoms. The molecule has 0 aliphatic carbocycles. The van der Waals surface area contributed by atoms with Crippen molar-refractivity contribution >= 4 is 94.1 Å². The Morgan fingerprint density at radius 2 is 0.361 bits per heavy atom. The summed E-state index contributed by atoms with van der Waals surface area (Å²) in [7, 11) is 0. The summed E-state index contributed by atoms with van der Waals surface area (Å²) in [6.07, 6.45) is 0. The lowest BCUT2D eigenvalue weighted by atomic mass is 10.4. The van der Waals surface area contributed by atoms with Crippen LogP contribution < -0.4 is 0 Å². The van der Waals surface area contributed by atoms with E-state index >= 15 is 0 Å². The molecule has 0 N–H and O–H groups in total. The second-order valence-electron chi connectivity index (χ2n) is 7.75. The van der Waals surface area contributed by atoms with Crippen molar-refractivity contribution in [1.82, 2.24) is 0 Å². The number of thioether (sulfide) groups is 8. The molecule has 0 radical (unpaired) electrons. The minimum atomic E-state index is 1.39. The summed E-state index contributed by atoms with van der Waals surface area (Å²) < 4.78 is 5.73. The van der Waals surface area contributed by atoms with Crippen LogP contribution in [0.4, 0.5) is 0 Å². The van der Waals surface area contributed by atoms with E-state index in [4.69, 9.17) is 0 Å². The molecule has 0 aromatic heterocycles. The Kier molecular flexibility index (Phi) is 7.22. The number of hydrogen-bond donors (Lipinski definition) is 0. The fourth-order valence-electron chi connectivity index (χ4n) is 3.69. The second-order valence-corrected chi connectivity index (χ2v) is 17.2. The maximum atomic E-state index is 2.21. The average molecular weight is 609 g/mol. The predicted molar refractivity (Wildman–Crippen MR) is 167 cm³/mol. The van der Waals surface area contributed by atoms with Crippen LogP contribution in [-0.4, -0.2) is 0 Å². The maximum Gasteiger partial charge on any atom is 0.0706 e. The molecule has 4 aromatic carbocycles. The maximum absolute atomic E-state index is 2.21. The van der Waals surface area contributed by atoms with Crippen LogP contribution in [0.15, 0.2) is 153 Å². The molecule has 8 rings (SSSR count). The van der Waals surface area contributed by atoms with Crippen LogP contribution in [0.1, 0.15) is 0 Å². The van der Waals surface area contributed by atoms with Gasteiger partial charge in [0.1, 0.15) is 0 Å². The first-order chi connectivity index (χ1) is 17.8. The number of fused-ring (bicyclic) bond motifs is 4. The third-order valence-electron chi connectivity index (χ3n) is 5.35. The lowest BCUT2D eigenvalue weighted by molar-refractivity contribution is 1.27. The molecule has 0 amide bonds. The highest BCUT2D eigenvalue weighted by Gasteiger charge is 2.27. The average Bonchev–Trinajstić information content (AvgIpc) is 3.70. The van der Waals surface area contributed by atoms with Gasteiger partial charge in [0.2, 0.25) is 0 Å².